The van der Waals surface area contributed by atoms with Crippen molar-refractivity contribution in [2.45, 2.75) is 84.5 Å². The second-order valence-electron chi connectivity index (χ2n) is 23.2. The van der Waals surface area contributed by atoms with Crippen molar-refractivity contribution in [2.75, 3.05) is 0 Å². The molecule has 1 aliphatic carbocycles. The second kappa shape index (κ2) is 20.0. The van der Waals surface area contributed by atoms with Crippen molar-refractivity contribution < 1.29 is 28.2 Å². The van der Waals surface area contributed by atoms with E-state index in [0.29, 0.717) is 17.1 Å². The number of hydrogen-bond donors (Lipinski definition) is 0. The Morgan fingerprint density at radius 3 is 1.81 bits per heavy atom. The zero-order valence-corrected chi connectivity index (χ0v) is 47.8. The third-order valence-electron chi connectivity index (χ3n) is 16.1. The van der Waals surface area contributed by atoms with Gasteiger partial charge < -0.3 is 0 Å². The molecule has 0 radical (unpaired) electrons. The van der Waals surface area contributed by atoms with Crippen LogP contribution in [-0.4, -0.2) is 18.7 Å². The molecule has 0 saturated heterocycles. The van der Waals surface area contributed by atoms with E-state index in [1.807, 2.05) is 42.5 Å². The molecule has 0 saturated carbocycles. The maximum atomic E-state index is 8.72. The standard InChI is InChI=1S/C73H64N4O.Pt/c1-48-39-70(74-46-64(48)51-25-15-10-16-26-51)77-66-38-34-53(49-21-11-8-12-22-49)42-63(66)61-37-36-58(45-69(61)77)78-57-35-33-52-27-19-32-65(62(52)44-57)75-47-76(68-31-18-17-30-67(68)75)71-59(50-23-13-9-14-24-50)28-20-29-60(71)54-40-55(72(2,3)4)43-56(41-54)73(5,6)7;/h8-18,20-26,28-31,33-46,65H,19,27,32H2,1-7H3;/i1D3;. The van der Waals surface area contributed by atoms with Crippen LogP contribution >= 0.6 is 0 Å². The molecular formula is C73H64N4OPt. The van der Waals surface area contributed by atoms with E-state index in [-0.39, 0.29) is 22.4 Å². The van der Waals surface area contributed by atoms with E-state index in [1.54, 1.807) is 12.3 Å². The Morgan fingerprint density at radius 1 is 0.506 bits per heavy atom. The fraction of sp³-hybridized carbons (Fsp3) is 0.178. The van der Waals surface area contributed by atoms with E-state index in [9.17, 15) is 0 Å². The molecule has 0 aliphatic heterocycles. The first-order chi connectivity index (χ1) is 39.5. The van der Waals surface area contributed by atoms with E-state index in [0.717, 1.165) is 78.5 Å². The van der Waals surface area contributed by atoms with Crippen LogP contribution in [0.4, 0.5) is 0 Å². The van der Waals surface area contributed by atoms with Crippen molar-refractivity contribution in [3.8, 4) is 67.5 Å². The summed E-state index contributed by atoms with van der Waals surface area (Å²) in [5, 5.41) is 2.03. The van der Waals surface area contributed by atoms with Gasteiger partial charge in [-0.25, -0.2) is 4.98 Å². The Labute approximate surface area is 479 Å². The van der Waals surface area contributed by atoms with Crippen LogP contribution in [0.1, 0.15) is 92.4 Å². The average Bonchev–Trinajstić information content (AvgIpc) is 3.31. The molecule has 1 unspecified atom stereocenters. The van der Waals surface area contributed by atoms with Gasteiger partial charge in [0.05, 0.1) is 0 Å². The molecule has 13 rings (SSSR count). The summed E-state index contributed by atoms with van der Waals surface area (Å²) >= 11 is 2.61. The minimum Gasteiger partial charge on any atom is -0.238 e. The predicted octanol–water partition coefficient (Wildman–Crippen LogP) is 19.3. The van der Waals surface area contributed by atoms with Gasteiger partial charge in [0.15, 0.2) is 0 Å². The van der Waals surface area contributed by atoms with E-state index in [2.05, 4.69) is 238 Å². The first-order valence-electron chi connectivity index (χ1n) is 29.0. The number of ether oxygens (including phenoxy) is 1. The molecule has 6 heteroatoms. The number of pyridine rings is 1. The number of para-hydroxylation sites is 3. The van der Waals surface area contributed by atoms with Gasteiger partial charge in [-0.05, 0) is 47.3 Å². The molecular weight excluding hydrogens is 1140 g/mol. The number of hydrogen-bond acceptors (Lipinski definition) is 2. The molecule has 3 heterocycles. The molecule has 9 aromatic carbocycles. The van der Waals surface area contributed by atoms with Crippen molar-refractivity contribution in [1.82, 2.24) is 18.7 Å². The van der Waals surface area contributed by atoms with Crippen LogP contribution in [0.5, 0.6) is 11.5 Å². The summed E-state index contributed by atoms with van der Waals surface area (Å²) in [5.41, 5.74) is 18.9. The number of aryl methyl sites for hydroxylation is 2. The molecule has 1 atom stereocenters. The molecule has 5 nitrogen and oxygen atoms in total. The van der Waals surface area contributed by atoms with Crippen LogP contribution < -0.4 is 4.74 Å². The van der Waals surface area contributed by atoms with Gasteiger partial charge in [0.25, 0.3) is 0 Å². The fourth-order valence-electron chi connectivity index (χ4n) is 11.9. The van der Waals surface area contributed by atoms with Crippen LogP contribution in [0.2, 0.25) is 0 Å². The Morgan fingerprint density at radius 2 is 1.13 bits per heavy atom. The molecule has 0 spiro atoms. The summed E-state index contributed by atoms with van der Waals surface area (Å²) in [7, 11) is 0. The summed E-state index contributed by atoms with van der Waals surface area (Å²) in [6, 6.07) is 75.0. The average molecular weight is 1210 g/mol. The monoisotopic (exact) mass is 1210 g/mol. The van der Waals surface area contributed by atoms with Gasteiger partial charge in [0.2, 0.25) is 0 Å². The summed E-state index contributed by atoms with van der Waals surface area (Å²) in [4.78, 5) is 5.03. The minimum atomic E-state index is -2.39. The zero-order valence-electron chi connectivity index (χ0n) is 48.5. The SMILES string of the molecule is [2H]C([2H])([2H])c1cc(-n2c3ccc(-c4ccccc4)cc3c3ccc(Oc4ccc5c(c4)C(n4[c](=[Pt])n(-c6c(-c7ccccc7)cccc6-c6cc(C(C)(C)C)cc(C(C)(C)C)c6)c6ccccc64)CCC5)cc32)ncc1-c1ccccc1. The maximum absolute atomic E-state index is 8.72. The smallest absolute Gasteiger partial charge is 0.0374 e. The third kappa shape index (κ3) is 9.22. The molecule has 79 heavy (non-hydrogen) atoms. The van der Waals surface area contributed by atoms with Crippen molar-refractivity contribution in [1.29, 1.82) is 0 Å². The summed E-state index contributed by atoms with van der Waals surface area (Å²) in [5.74, 6) is 1.93. The Balaban J connectivity index is 0.946. The molecule has 0 bridgehead atoms. The van der Waals surface area contributed by atoms with Gasteiger partial charge >= 0.3 is 347 Å². The zero-order chi connectivity index (χ0) is 56.7. The van der Waals surface area contributed by atoms with Crippen LogP contribution in [0.3, 0.4) is 0 Å². The topological polar surface area (TPSA) is 36.9 Å². The van der Waals surface area contributed by atoms with Crippen LogP contribution in [0, 0.1) is 10.7 Å². The van der Waals surface area contributed by atoms with Crippen molar-refractivity contribution in [2.24, 2.45) is 0 Å². The van der Waals surface area contributed by atoms with Crippen molar-refractivity contribution >= 4 is 32.8 Å². The van der Waals surface area contributed by atoms with Crippen LogP contribution in [0.25, 0.3) is 88.9 Å². The van der Waals surface area contributed by atoms with E-state index < -0.39 is 6.85 Å². The molecule has 0 fully saturated rings. The van der Waals surface area contributed by atoms with Gasteiger partial charge in [-0.3, -0.25) is 0 Å². The van der Waals surface area contributed by atoms with Crippen molar-refractivity contribution in [3.63, 3.8) is 0 Å². The largest absolute Gasteiger partial charge is 0.238 e. The number of aromatic nitrogens is 4. The van der Waals surface area contributed by atoms with Crippen molar-refractivity contribution in [3.05, 3.63) is 250 Å². The van der Waals surface area contributed by atoms with Gasteiger partial charge in [-0.2, -0.15) is 0 Å². The molecule has 0 amide bonds. The fourth-order valence-corrected chi connectivity index (χ4v) is 13.1. The number of fused-ring (bicyclic) bond motifs is 5. The Bertz CT molecular complexity index is 4450. The molecule has 12 aromatic rings. The molecule has 1 aliphatic rings. The third-order valence-corrected chi connectivity index (χ3v) is 17.1. The number of imidazole rings is 1. The van der Waals surface area contributed by atoms with E-state index >= 15 is 0 Å². The van der Waals surface area contributed by atoms with Gasteiger partial charge in [-0.15, -0.1) is 0 Å². The number of nitrogens with zero attached hydrogens (tertiary/aromatic N) is 4. The minimum absolute atomic E-state index is 0.0242. The Hall–Kier alpha value is -8.11. The first-order valence-corrected chi connectivity index (χ1v) is 28.6. The molecule has 3 aromatic heterocycles. The van der Waals surface area contributed by atoms with Gasteiger partial charge in [0, 0.05) is 15.9 Å². The van der Waals surface area contributed by atoms with Gasteiger partial charge in [-0.1, -0.05) is 66.7 Å². The molecule has 392 valence electrons. The first kappa shape index (κ1) is 46.9. The predicted molar refractivity (Wildman–Crippen MR) is 325 cm³/mol. The maximum Gasteiger partial charge on any atom is 0.0374 e. The van der Waals surface area contributed by atoms with Crippen LogP contribution in [-0.2, 0) is 36.6 Å². The summed E-state index contributed by atoms with van der Waals surface area (Å²) < 4.78 is 41.5. The molecule has 0 N–H and O–H groups in total. The normalized spacial score (nSPS) is 14.5. The number of benzene rings is 9. The summed E-state index contributed by atoms with van der Waals surface area (Å²) in [6.45, 7) is 11.5. The second-order valence-corrected chi connectivity index (χ2v) is 24.3. The van der Waals surface area contributed by atoms with E-state index in [4.69, 9.17) is 13.8 Å². The van der Waals surface area contributed by atoms with Gasteiger partial charge in [0.1, 0.15) is 0 Å². The van der Waals surface area contributed by atoms with E-state index in [1.165, 1.54) is 50.0 Å². The number of rotatable bonds is 9. The quantitative estimate of drug-likeness (QED) is 0.144. The summed E-state index contributed by atoms with van der Waals surface area (Å²) in [6.07, 6.45) is 4.71. The van der Waals surface area contributed by atoms with Crippen LogP contribution in [0.15, 0.2) is 219 Å². The Kier molecular flexibility index (Phi) is 11.9.